The Bertz CT molecular complexity index is 701. The summed E-state index contributed by atoms with van der Waals surface area (Å²) in [7, 11) is 0. The average Bonchev–Trinajstić information content (AvgIpc) is 2.55. The summed E-state index contributed by atoms with van der Waals surface area (Å²) in [4.78, 5) is 8.65. The Hall–Kier alpha value is -2.66. The van der Waals surface area contributed by atoms with Crippen LogP contribution in [0.2, 0.25) is 0 Å². The van der Waals surface area contributed by atoms with E-state index in [0.29, 0.717) is 0 Å². The van der Waals surface area contributed by atoms with Gasteiger partial charge in [0.2, 0.25) is 40.9 Å². The van der Waals surface area contributed by atoms with Crippen LogP contribution in [0.5, 0.6) is 5.75 Å². The number of rotatable bonds is 4. The molecule has 2 rings (SSSR count). The first-order chi connectivity index (χ1) is 10.5. The normalized spacial score (nSPS) is 11.8. The largest absolute Gasteiger partial charge is 0.329 e. The third kappa shape index (κ3) is 2.84. The Morgan fingerprint density at radius 3 is 1.82 bits per heavy atom. The molecule has 0 saturated carbocycles. The third-order valence-corrected chi connectivity index (χ3v) is 2.62. The summed E-state index contributed by atoms with van der Waals surface area (Å²) in [6.45, 7) is 0. The van der Waals surface area contributed by atoms with Crippen molar-refractivity contribution in [2.75, 3.05) is 0 Å². The minimum absolute atomic E-state index is 0.272. The van der Waals surface area contributed by atoms with E-state index in [1.807, 2.05) is 0 Å². The van der Waals surface area contributed by atoms with E-state index in [-0.39, 0.29) is 5.56 Å². The first-order valence-electron chi connectivity index (χ1n) is 5.76. The van der Waals surface area contributed by atoms with Gasteiger partial charge in [-0.05, 0) is 5.56 Å². The van der Waals surface area contributed by atoms with Gasteiger partial charge in [0.1, 0.15) is 6.07 Å². The van der Waals surface area contributed by atoms with E-state index >= 15 is 0 Å². The Kier molecular flexibility index (Phi) is 4.58. The number of hydrogen-bond acceptors (Lipinski definition) is 3. The topological polar surface area (TPSA) is 42.2 Å². The lowest BCUT2D eigenvalue weighted by atomic mass is 10.1. The molecule has 0 radical (unpaired) electrons. The molecular formula is C14H6F5NO2. The van der Waals surface area contributed by atoms with Crippen molar-refractivity contribution in [1.29, 1.82) is 5.26 Å². The molecule has 22 heavy (non-hydrogen) atoms. The van der Waals surface area contributed by atoms with Crippen LogP contribution >= 0.6 is 0 Å². The fraction of sp³-hybridized carbons (Fsp3) is 0.0714. The van der Waals surface area contributed by atoms with Crippen molar-refractivity contribution < 1.29 is 31.7 Å². The van der Waals surface area contributed by atoms with Gasteiger partial charge in [0.05, 0.1) is 0 Å². The Balaban J connectivity index is 2.27. The maximum Gasteiger partial charge on any atom is 0.242 e. The minimum Gasteiger partial charge on any atom is -0.329 e. The monoisotopic (exact) mass is 315 g/mol. The van der Waals surface area contributed by atoms with Crippen LogP contribution in [-0.2, 0) is 4.89 Å². The van der Waals surface area contributed by atoms with E-state index in [1.54, 1.807) is 24.3 Å². The highest BCUT2D eigenvalue weighted by Crippen LogP contribution is 2.30. The van der Waals surface area contributed by atoms with Gasteiger partial charge in [-0.2, -0.15) is 18.9 Å². The molecule has 0 amide bonds. The smallest absolute Gasteiger partial charge is 0.242 e. The van der Waals surface area contributed by atoms with Gasteiger partial charge < -0.3 is 4.89 Å². The Morgan fingerprint density at radius 2 is 1.32 bits per heavy atom. The molecule has 0 heterocycles. The number of nitriles is 1. The fourth-order valence-electron chi connectivity index (χ4n) is 1.53. The molecule has 0 spiro atoms. The van der Waals surface area contributed by atoms with Crippen LogP contribution in [0.4, 0.5) is 22.0 Å². The summed E-state index contributed by atoms with van der Waals surface area (Å²) in [5.41, 5.74) is 0.272. The molecule has 114 valence electrons. The van der Waals surface area contributed by atoms with Gasteiger partial charge in [0, 0.05) is 0 Å². The molecule has 2 aromatic carbocycles. The van der Waals surface area contributed by atoms with Crippen LogP contribution in [-0.4, -0.2) is 0 Å². The molecule has 1 unspecified atom stereocenters. The van der Waals surface area contributed by atoms with Crippen molar-refractivity contribution in [1.82, 2.24) is 0 Å². The van der Waals surface area contributed by atoms with Crippen molar-refractivity contribution in [3.63, 3.8) is 0 Å². The van der Waals surface area contributed by atoms with Gasteiger partial charge in [-0.15, -0.1) is 0 Å². The Morgan fingerprint density at radius 1 is 0.818 bits per heavy atom. The lowest BCUT2D eigenvalue weighted by Crippen LogP contribution is -2.10. The molecule has 0 saturated heterocycles. The standard InChI is InChI=1S/C14H6F5NO2/c15-9-10(16)12(18)14(13(19)11(9)17)22-21-8(6-20)7-4-2-1-3-5-7/h1-5,8H. The predicted molar refractivity (Wildman–Crippen MR) is 62.7 cm³/mol. The molecule has 0 N–H and O–H groups in total. The van der Waals surface area contributed by atoms with Gasteiger partial charge in [0.25, 0.3) is 0 Å². The second kappa shape index (κ2) is 6.41. The quantitative estimate of drug-likeness (QED) is 0.282. The maximum absolute atomic E-state index is 13.4. The predicted octanol–water partition coefficient (Wildman–Crippen LogP) is 3.96. The second-order valence-corrected chi connectivity index (χ2v) is 4.00. The lowest BCUT2D eigenvalue weighted by molar-refractivity contribution is -0.236. The van der Waals surface area contributed by atoms with Gasteiger partial charge in [-0.1, -0.05) is 30.3 Å². The molecule has 1 atom stereocenters. The van der Waals surface area contributed by atoms with E-state index in [1.165, 1.54) is 12.1 Å². The van der Waals surface area contributed by atoms with E-state index in [9.17, 15) is 22.0 Å². The van der Waals surface area contributed by atoms with Crippen LogP contribution in [0.25, 0.3) is 0 Å². The highest BCUT2D eigenvalue weighted by molar-refractivity contribution is 5.29. The van der Waals surface area contributed by atoms with Crippen molar-refractivity contribution in [2.24, 2.45) is 0 Å². The Labute approximate surface area is 121 Å². The third-order valence-electron chi connectivity index (χ3n) is 2.62. The number of nitrogens with zero attached hydrogens (tertiary/aromatic N) is 1. The molecule has 0 bridgehead atoms. The number of halogens is 5. The zero-order valence-corrected chi connectivity index (χ0v) is 10.6. The van der Waals surface area contributed by atoms with Gasteiger partial charge in [-0.25, -0.2) is 13.2 Å². The summed E-state index contributed by atoms with van der Waals surface area (Å²) in [5.74, 6) is -12.7. The molecule has 0 aromatic heterocycles. The highest BCUT2D eigenvalue weighted by Gasteiger charge is 2.28. The van der Waals surface area contributed by atoms with Crippen molar-refractivity contribution >= 4 is 0 Å². The SMILES string of the molecule is N#CC(OOc1c(F)c(F)c(F)c(F)c1F)c1ccccc1. The molecular weight excluding hydrogens is 309 g/mol. The van der Waals surface area contributed by atoms with Crippen LogP contribution < -0.4 is 4.89 Å². The molecule has 3 nitrogen and oxygen atoms in total. The van der Waals surface area contributed by atoms with Crippen molar-refractivity contribution in [3.05, 3.63) is 65.0 Å². The van der Waals surface area contributed by atoms with Gasteiger partial charge in [-0.3, -0.25) is 0 Å². The summed E-state index contributed by atoms with van der Waals surface area (Å²) < 4.78 is 65.5. The van der Waals surface area contributed by atoms with E-state index in [0.717, 1.165) is 0 Å². The summed E-state index contributed by atoms with van der Waals surface area (Å²) >= 11 is 0. The van der Waals surface area contributed by atoms with Crippen molar-refractivity contribution in [3.8, 4) is 11.8 Å². The number of hydrogen-bond donors (Lipinski definition) is 0. The zero-order chi connectivity index (χ0) is 16.3. The summed E-state index contributed by atoms with van der Waals surface area (Å²) in [6.07, 6.45) is -1.42. The van der Waals surface area contributed by atoms with E-state index in [4.69, 9.17) is 5.26 Å². The van der Waals surface area contributed by atoms with Crippen LogP contribution in [0.3, 0.4) is 0 Å². The summed E-state index contributed by atoms with van der Waals surface area (Å²) in [5, 5.41) is 8.90. The van der Waals surface area contributed by atoms with Crippen molar-refractivity contribution in [2.45, 2.75) is 6.10 Å². The summed E-state index contributed by atoms with van der Waals surface area (Å²) in [6, 6.07) is 9.28. The van der Waals surface area contributed by atoms with E-state index in [2.05, 4.69) is 9.78 Å². The van der Waals surface area contributed by atoms with Crippen LogP contribution in [0.15, 0.2) is 30.3 Å². The molecule has 0 aliphatic carbocycles. The lowest BCUT2D eigenvalue weighted by Gasteiger charge is -2.12. The molecule has 8 heteroatoms. The molecule has 0 aliphatic heterocycles. The van der Waals surface area contributed by atoms with Gasteiger partial charge >= 0.3 is 0 Å². The molecule has 2 aromatic rings. The first kappa shape index (κ1) is 15.7. The minimum atomic E-state index is -2.32. The van der Waals surface area contributed by atoms with Gasteiger partial charge in [0.15, 0.2) is 0 Å². The maximum atomic E-state index is 13.4. The molecule has 0 aliphatic rings. The highest BCUT2D eigenvalue weighted by atomic mass is 19.2. The zero-order valence-electron chi connectivity index (χ0n) is 10.6. The first-order valence-corrected chi connectivity index (χ1v) is 5.76. The van der Waals surface area contributed by atoms with Crippen LogP contribution in [0.1, 0.15) is 11.7 Å². The van der Waals surface area contributed by atoms with Crippen LogP contribution in [0, 0.1) is 40.4 Å². The number of benzene rings is 2. The van der Waals surface area contributed by atoms with E-state index < -0.39 is 40.9 Å². The average molecular weight is 315 g/mol. The molecule has 0 fully saturated rings. The second-order valence-electron chi connectivity index (χ2n) is 4.00. The fourth-order valence-corrected chi connectivity index (χ4v) is 1.53.